The molecule has 2 N–H and O–H groups in total. The van der Waals surface area contributed by atoms with Gasteiger partial charge in [-0.1, -0.05) is 48.5 Å². The summed E-state index contributed by atoms with van der Waals surface area (Å²) >= 11 is 0. The van der Waals surface area contributed by atoms with Gasteiger partial charge in [-0.15, -0.1) is 0 Å². The lowest BCUT2D eigenvalue weighted by molar-refractivity contribution is -0.137. The highest BCUT2D eigenvalue weighted by atomic mass is 19.4. The van der Waals surface area contributed by atoms with Gasteiger partial charge in [0.1, 0.15) is 11.6 Å². The Labute approximate surface area is 162 Å². The molecule has 29 heavy (non-hydrogen) atoms. The quantitative estimate of drug-likeness (QED) is 0.694. The van der Waals surface area contributed by atoms with E-state index in [4.69, 9.17) is 5.26 Å². The molecular formula is C20H13F3N4O2. The Hall–Kier alpha value is -4.06. The molecule has 0 saturated heterocycles. The Morgan fingerprint density at radius 2 is 1.59 bits per heavy atom. The molecule has 0 aliphatic heterocycles. The summed E-state index contributed by atoms with van der Waals surface area (Å²) in [5.41, 5.74) is -1.12. The third kappa shape index (κ3) is 4.27. The highest BCUT2D eigenvalue weighted by molar-refractivity contribution is 5.95. The van der Waals surface area contributed by atoms with Crippen molar-refractivity contribution in [3.8, 4) is 17.3 Å². The van der Waals surface area contributed by atoms with Crippen molar-refractivity contribution in [3.63, 3.8) is 0 Å². The number of para-hydroxylation sites is 1. The number of benzene rings is 2. The van der Waals surface area contributed by atoms with Gasteiger partial charge in [0.2, 0.25) is 0 Å². The number of nitrogens with one attached hydrogen (secondary N) is 2. The molecule has 0 saturated carbocycles. The number of rotatable bonds is 3. The van der Waals surface area contributed by atoms with Gasteiger partial charge in [-0.3, -0.25) is 4.79 Å². The fourth-order valence-electron chi connectivity index (χ4n) is 2.66. The van der Waals surface area contributed by atoms with E-state index in [-0.39, 0.29) is 11.3 Å². The van der Waals surface area contributed by atoms with Crippen LogP contribution in [0.3, 0.4) is 0 Å². The lowest BCUT2D eigenvalue weighted by atomic mass is 10.0. The maximum absolute atomic E-state index is 13.4. The summed E-state index contributed by atoms with van der Waals surface area (Å²) in [5, 5.41) is 11.6. The summed E-state index contributed by atoms with van der Waals surface area (Å²) in [4.78, 5) is 25.0. The number of carbonyl (C=O) groups is 1. The summed E-state index contributed by atoms with van der Waals surface area (Å²) in [6.07, 6.45) is -4.92. The van der Waals surface area contributed by atoms with Crippen LogP contribution in [-0.4, -0.2) is 10.7 Å². The van der Waals surface area contributed by atoms with Crippen molar-refractivity contribution in [2.24, 2.45) is 0 Å². The normalized spacial score (nSPS) is 10.8. The number of amides is 2. The number of urea groups is 1. The first-order valence-electron chi connectivity index (χ1n) is 8.27. The van der Waals surface area contributed by atoms with Gasteiger partial charge in [-0.25, -0.2) is 14.9 Å². The third-order valence-electron chi connectivity index (χ3n) is 3.94. The van der Waals surface area contributed by atoms with E-state index in [1.165, 1.54) is 18.2 Å². The van der Waals surface area contributed by atoms with Gasteiger partial charge < -0.3 is 5.32 Å². The second kappa shape index (κ2) is 7.90. The molecular weight excluding hydrogens is 385 g/mol. The Bertz CT molecular complexity index is 1130. The molecule has 0 spiro atoms. The molecule has 1 aromatic heterocycles. The maximum Gasteiger partial charge on any atom is 0.417 e. The van der Waals surface area contributed by atoms with Gasteiger partial charge in [0, 0.05) is 11.3 Å². The van der Waals surface area contributed by atoms with Crippen LogP contribution < -0.4 is 16.3 Å². The summed E-state index contributed by atoms with van der Waals surface area (Å²) in [7, 11) is 0. The minimum Gasteiger partial charge on any atom is -0.307 e. The lowest BCUT2D eigenvalue weighted by Crippen LogP contribution is -2.39. The molecule has 2 aromatic carbocycles. The first kappa shape index (κ1) is 19.7. The molecule has 0 fully saturated rings. The first-order valence-corrected chi connectivity index (χ1v) is 8.27. The van der Waals surface area contributed by atoms with Gasteiger partial charge in [0.25, 0.3) is 5.56 Å². The van der Waals surface area contributed by atoms with E-state index in [1.807, 2.05) is 0 Å². The average molecular weight is 398 g/mol. The van der Waals surface area contributed by atoms with Crippen molar-refractivity contribution < 1.29 is 18.0 Å². The van der Waals surface area contributed by atoms with Gasteiger partial charge in [0.15, 0.2) is 0 Å². The van der Waals surface area contributed by atoms with Crippen molar-refractivity contribution >= 4 is 11.7 Å². The number of hydrogen-bond acceptors (Lipinski definition) is 3. The number of pyridine rings is 1. The van der Waals surface area contributed by atoms with Crippen LogP contribution in [0.4, 0.5) is 23.7 Å². The van der Waals surface area contributed by atoms with Gasteiger partial charge >= 0.3 is 12.2 Å². The van der Waals surface area contributed by atoms with Crippen LogP contribution in [0.5, 0.6) is 0 Å². The van der Waals surface area contributed by atoms with Crippen LogP contribution in [0.25, 0.3) is 11.3 Å². The number of aromatic nitrogens is 1. The topological polar surface area (TPSA) is 86.9 Å². The number of carbonyl (C=O) groups excluding carboxylic acids is 1. The molecule has 0 bridgehead atoms. The molecule has 0 radical (unpaired) electrons. The van der Waals surface area contributed by atoms with Gasteiger partial charge in [-0.2, -0.15) is 18.4 Å². The van der Waals surface area contributed by atoms with E-state index in [9.17, 15) is 22.8 Å². The lowest BCUT2D eigenvalue weighted by Gasteiger charge is -2.18. The summed E-state index contributed by atoms with van der Waals surface area (Å²) in [6, 6.07) is 17.1. The molecule has 6 nitrogen and oxygen atoms in total. The van der Waals surface area contributed by atoms with E-state index in [0.717, 1.165) is 0 Å². The van der Waals surface area contributed by atoms with Crippen molar-refractivity contribution in [2.75, 3.05) is 10.7 Å². The van der Waals surface area contributed by atoms with E-state index in [0.29, 0.717) is 16.4 Å². The van der Waals surface area contributed by atoms with E-state index in [2.05, 4.69) is 10.7 Å². The second-order valence-corrected chi connectivity index (χ2v) is 5.87. The fourth-order valence-corrected chi connectivity index (χ4v) is 2.66. The SMILES string of the molecule is N#Cc1c(C(F)(F)F)cc(-c2ccccc2)n(NC(=O)Nc2ccccc2)c1=O. The summed E-state index contributed by atoms with van der Waals surface area (Å²) in [6.45, 7) is 0. The summed E-state index contributed by atoms with van der Waals surface area (Å²) in [5.74, 6) is 0. The average Bonchev–Trinajstić information content (AvgIpc) is 2.69. The molecule has 2 amide bonds. The molecule has 3 rings (SSSR count). The third-order valence-corrected chi connectivity index (χ3v) is 3.94. The van der Waals surface area contributed by atoms with Gasteiger partial charge in [0.05, 0.1) is 11.3 Å². The molecule has 0 aliphatic carbocycles. The minimum atomic E-state index is -4.92. The van der Waals surface area contributed by atoms with Gasteiger partial charge in [-0.05, 0) is 18.2 Å². The maximum atomic E-state index is 13.4. The standard InChI is InChI=1S/C20H13F3N4O2/c21-20(22,23)16-11-17(13-7-3-1-4-8-13)27(18(28)15(16)12-24)26-19(29)25-14-9-5-2-6-10-14/h1-11H,(H2,25,26,29). The molecule has 0 unspecified atom stereocenters. The summed E-state index contributed by atoms with van der Waals surface area (Å²) < 4.78 is 40.8. The van der Waals surface area contributed by atoms with E-state index >= 15 is 0 Å². The number of anilines is 1. The van der Waals surface area contributed by atoms with Crippen molar-refractivity contribution in [1.82, 2.24) is 4.68 Å². The van der Waals surface area contributed by atoms with E-state index in [1.54, 1.807) is 48.5 Å². The van der Waals surface area contributed by atoms with Crippen molar-refractivity contribution in [2.45, 2.75) is 6.18 Å². The molecule has 146 valence electrons. The number of nitrogens with zero attached hydrogens (tertiary/aromatic N) is 2. The Kier molecular flexibility index (Phi) is 5.36. The molecule has 1 heterocycles. The Morgan fingerprint density at radius 1 is 1.00 bits per heavy atom. The highest BCUT2D eigenvalue weighted by Crippen LogP contribution is 2.33. The fraction of sp³-hybridized carbons (Fsp3) is 0.0500. The van der Waals surface area contributed by atoms with E-state index < -0.39 is 28.9 Å². The predicted octanol–water partition coefficient (Wildman–Crippen LogP) is 4.18. The smallest absolute Gasteiger partial charge is 0.307 e. The van der Waals surface area contributed by atoms with Crippen LogP contribution >= 0.6 is 0 Å². The van der Waals surface area contributed by atoms with Crippen molar-refractivity contribution in [1.29, 1.82) is 5.26 Å². The zero-order chi connectivity index (χ0) is 21.0. The van der Waals surface area contributed by atoms with Crippen LogP contribution in [0.15, 0.2) is 71.5 Å². The number of nitriles is 1. The minimum absolute atomic E-state index is 0.217. The second-order valence-electron chi connectivity index (χ2n) is 5.87. The number of halogens is 3. The molecule has 3 aromatic rings. The monoisotopic (exact) mass is 398 g/mol. The zero-order valence-corrected chi connectivity index (χ0v) is 14.7. The number of hydrogen-bond donors (Lipinski definition) is 2. The largest absolute Gasteiger partial charge is 0.417 e. The molecule has 0 aliphatic rings. The Balaban J connectivity index is 2.13. The molecule has 0 atom stereocenters. The molecule has 9 heteroatoms. The Morgan fingerprint density at radius 3 is 2.14 bits per heavy atom. The predicted molar refractivity (Wildman–Crippen MR) is 101 cm³/mol. The van der Waals surface area contributed by atoms with Crippen LogP contribution in [-0.2, 0) is 6.18 Å². The van der Waals surface area contributed by atoms with Crippen LogP contribution in [0.2, 0.25) is 0 Å². The number of alkyl halides is 3. The zero-order valence-electron chi connectivity index (χ0n) is 14.7. The van der Waals surface area contributed by atoms with Crippen molar-refractivity contribution in [3.05, 3.63) is 88.2 Å². The van der Waals surface area contributed by atoms with Crippen LogP contribution in [0.1, 0.15) is 11.1 Å². The van der Waals surface area contributed by atoms with Crippen LogP contribution in [0, 0.1) is 11.3 Å². The highest BCUT2D eigenvalue weighted by Gasteiger charge is 2.36. The first-order chi connectivity index (χ1) is 13.8.